The highest BCUT2D eigenvalue weighted by Gasteiger charge is 2.46. The first-order valence-corrected chi connectivity index (χ1v) is 14.1. The molecule has 3 aromatic carbocycles. The van der Waals surface area contributed by atoms with Crippen LogP contribution in [0, 0.1) is 5.82 Å². The Morgan fingerprint density at radius 3 is 2.37 bits per heavy atom. The van der Waals surface area contributed by atoms with E-state index in [2.05, 4.69) is 0 Å². The maximum Gasteiger partial charge on any atom is 0.221 e. The predicted molar refractivity (Wildman–Crippen MR) is 143 cm³/mol. The lowest BCUT2D eigenvalue weighted by molar-refractivity contribution is -0.110. The number of hydrogen-bond acceptors (Lipinski definition) is 7. The minimum atomic E-state index is -3.71. The Hall–Kier alpha value is -3.18. The lowest BCUT2D eigenvalue weighted by Crippen LogP contribution is -2.52. The highest BCUT2D eigenvalue weighted by atomic mass is 32.2. The standard InChI is InChI=1S/C28H32FN3O5S/c1-30-28(22-12-13-25(26(18-22)35-2)36-19-21-8-4-3-5-9-21)27(20-37-30)38(33,34)32-16-14-31(15-17-32)24-11-7-6-10-23(24)29/h3-13,18,27-28H,14-17,19-20H2,1-2H3/t27-,28-/m1/s1. The summed E-state index contributed by atoms with van der Waals surface area (Å²) in [6, 6.07) is 21.3. The second-order valence-corrected chi connectivity index (χ2v) is 11.5. The summed E-state index contributed by atoms with van der Waals surface area (Å²) >= 11 is 0. The van der Waals surface area contributed by atoms with Crippen molar-refractivity contribution < 1.29 is 27.1 Å². The quantitative estimate of drug-likeness (QED) is 0.429. The molecule has 0 bridgehead atoms. The molecule has 0 unspecified atom stereocenters. The number of piperazine rings is 1. The van der Waals surface area contributed by atoms with Gasteiger partial charge in [-0.3, -0.25) is 4.84 Å². The first-order chi connectivity index (χ1) is 18.4. The van der Waals surface area contributed by atoms with Gasteiger partial charge in [-0.15, -0.1) is 0 Å². The second kappa shape index (κ2) is 11.3. The number of ether oxygens (including phenoxy) is 2. The molecule has 2 fully saturated rings. The van der Waals surface area contributed by atoms with Crippen LogP contribution < -0.4 is 14.4 Å². The maximum atomic E-state index is 14.2. The number of halogens is 1. The third-order valence-electron chi connectivity index (χ3n) is 7.13. The van der Waals surface area contributed by atoms with Gasteiger partial charge in [0, 0.05) is 33.2 Å². The molecule has 3 aromatic rings. The molecule has 0 spiro atoms. The van der Waals surface area contributed by atoms with Crippen molar-refractivity contribution in [2.24, 2.45) is 0 Å². The summed E-state index contributed by atoms with van der Waals surface area (Å²) in [5, 5.41) is 0.796. The van der Waals surface area contributed by atoms with Gasteiger partial charge in [0.25, 0.3) is 0 Å². The summed E-state index contributed by atoms with van der Waals surface area (Å²) in [5.74, 6) is 0.790. The molecule has 0 aromatic heterocycles. The molecule has 0 saturated carbocycles. The molecule has 5 rings (SSSR count). The van der Waals surface area contributed by atoms with Crippen LogP contribution in [0.4, 0.5) is 10.1 Å². The van der Waals surface area contributed by atoms with Crippen molar-refractivity contribution in [3.63, 3.8) is 0 Å². The van der Waals surface area contributed by atoms with Crippen LogP contribution in [0.5, 0.6) is 11.5 Å². The Morgan fingerprint density at radius 1 is 0.947 bits per heavy atom. The Balaban J connectivity index is 1.31. The molecule has 2 saturated heterocycles. The predicted octanol–water partition coefficient (Wildman–Crippen LogP) is 3.85. The molecule has 2 atom stereocenters. The SMILES string of the molecule is COc1cc([C@@H]2[C@H](S(=O)(=O)N3CCN(c4ccccc4F)CC3)CON2C)ccc1OCc1ccccc1. The van der Waals surface area contributed by atoms with Gasteiger partial charge in [0.1, 0.15) is 17.7 Å². The monoisotopic (exact) mass is 541 g/mol. The average molecular weight is 542 g/mol. The van der Waals surface area contributed by atoms with Crippen molar-refractivity contribution in [1.29, 1.82) is 0 Å². The third kappa shape index (κ3) is 5.35. The van der Waals surface area contributed by atoms with Gasteiger partial charge in [0.15, 0.2) is 11.5 Å². The fourth-order valence-corrected chi connectivity index (χ4v) is 7.02. The van der Waals surface area contributed by atoms with Crippen LogP contribution in [-0.4, -0.2) is 70.0 Å². The van der Waals surface area contributed by atoms with Gasteiger partial charge in [0.05, 0.1) is 25.4 Å². The highest BCUT2D eigenvalue weighted by molar-refractivity contribution is 7.89. The largest absolute Gasteiger partial charge is 0.493 e. The minimum absolute atomic E-state index is 0.0472. The fraction of sp³-hybridized carbons (Fsp3) is 0.357. The lowest BCUT2D eigenvalue weighted by atomic mass is 10.0. The first kappa shape index (κ1) is 26.4. The van der Waals surface area contributed by atoms with Gasteiger partial charge < -0.3 is 14.4 Å². The minimum Gasteiger partial charge on any atom is -0.493 e. The number of nitrogens with zero attached hydrogens (tertiary/aromatic N) is 3. The molecular weight excluding hydrogens is 509 g/mol. The summed E-state index contributed by atoms with van der Waals surface area (Å²) in [5.41, 5.74) is 2.28. The van der Waals surface area contributed by atoms with E-state index < -0.39 is 21.3 Å². The Labute approximate surface area is 223 Å². The van der Waals surface area contributed by atoms with Crippen molar-refractivity contribution in [3.05, 3.63) is 89.7 Å². The van der Waals surface area contributed by atoms with E-state index in [1.807, 2.05) is 47.4 Å². The Morgan fingerprint density at radius 2 is 1.66 bits per heavy atom. The molecule has 2 aliphatic heterocycles. The summed E-state index contributed by atoms with van der Waals surface area (Å²) in [6.07, 6.45) is 0. The van der Waals surface area contributed by atoms with Gasteiger partial charge >= 0.3 is 0 Å². The summed E-state index contributed by atoms with van der Waals surface area (Å²) < 4.78 is 54.9. The zero-order valence-electron chi connectivity index (χ0n) is 21.5. The molecule has 0 aliphatic carbocycles. The Kier molecular flexibility index (Phi) is 7.85. The number of hydrogen-bond donors (Lipinski definition) is 0. The van der Waals surface area contributed by atoms with Crippen LogP contribution in [0.15, 0.2) is 72.8 Å². The summed E-state index contributed by atoms with van der Waals surface area (Å²) in [7, 11) is -0.409. The number of benzene rings is 3. The van der Waals surface area contributed by atoms with Crippen LogP contribution in [0.1, 0.15) is 17.2 Å². The lowest BCUT2D eigenvalue weighted by Gasteiger charge is -2.37. The fourth-order valence-electron chi connectivity index (χ4n) is 5.08. The van der Waals surface area contributed by atoms with E-state index in [9.17, 15) is 12.8 Å². The number of rotatable bonds is 8. The number of hydroxylamine groups is 2. The molecule has 0 N–H and O–H groups in total. The van der Waals surface area contributed by atoms with E-state index in [-0.39, 0.29) is 25.5 Å². The molecule has 8 nitrogen and oxygen atoms in total. The molecule has 202 valence electrons. The van der Waals surface area contributed by atoms with Gasteiger partial charge in [-0.2, -0.15) is 9.37 Å². The third-order valence-corrected chi connectivity index (χ3v) is 9.37. The van der Waals surface area contributed by atoms with Crippen molar-refractivity contribution in [3.8, 4) is 11.5 Å². The van der Waals surface area contributed by atoms with Crippen LogP contribution in [0.3, 0.4) is 0 Å². The number of para-hydroxylation sites is 1. The van der Waals surface area contributed by atoms with Crippen molar-refractivity contribution >= 4 is 15.7 Å². The van der Waals surface area contributed by atoms with E-state index in [1.165, 1.54) is 10.4 Å². The number of methoxy groups -OCH3 is 1. The van der Waals surface area contributed by atoms with Gasteiger partial charge in [-0.25, -0.2) is 12.8 Å². The molecule has 0 amide bonds. The second-order valence-electron chi connectivity index (χ2n) is 9.39. The summed E-state index contributed by atoms with van der Waals surface area (Å²) in [4.78, 5) is 7.60. The van der Waals surface area contributed by atoms with Crippen LogP contribution >= 0.6 is 0 Å². The number of anilines is 1. The van der Waals surface area contributed by atoms with E-state index in [1.54, 1.807) is 43.5 Å². The Bertz CT molecular complexity index is 1350. The number of sulfonamides is 1. The van der Waals surface area contributed by atoms with Gasteiger partial charge in [0.2, 0.25) is 10.0 Å². The summed E-state index contributed by atoms with van der Waals surface area (Å²) in [6.45, 7) is 1.81. The highest BCUT2D eigenvalue weighted by Crippen LogP contribution is 2.39. The zero-order chi connectivity index (χ0) is 26.7. The topological polar surface area (TPSA) is 71.6 Å². The van der Waals surface area contributed by atoms with Crippen molar-refractivity contribution in [1.82, 2.24) is 9.37 Å². The average Bonchev–Trinajstić information content (AvgIpc) is 3.35. The molecule has 38 heavy (non-hydrogen) atoms. The van der Waals surface area contributed by atoms with E-state index >= 15 is 0 Å². The van der Waals surface area contributed by atoms with E-state index in [0.29, 0.717) is 36.9 Å². The normalized spacial score (nSPS) is 21.0. The van der Waals surface area contributed by atoms with Crippen molar-refractivity contribution in [2.75, 3.05) is 51.8 Å². The van der Waals surface area contributed by atoms with Gasteiger partial charge in [-0.05, 0) is 35.4 Å². The molecule has 2 heterocycles. The van der Waals surface area contributed by atoms with Gasteiger partial charge in [-0.1, -0.05) is 48.5 Å². The zero-order valence-corrected chi connectivity index (χ0v) is 22.3. The van der Waals surface area contributed by atoms with Crippen LogP contribution in [0.25, 0.3) is 0 Å². The van der Waals surface area contributed by atoms with E-state index in [4.69, 9.17) is 14.3 Å². The molecular formula is C28H32FN3O5S. The van der Waals surface area contributed by atoms with Crippen LogP contribution in [0.2, 0.25) is 0 Å². The van der Waals surface area contributed by atoms with Crippen LogP contribution in [-0.2, 0) is 21.5 Å². The maximum absolute atomic E-state index is 14.2. The van der Waals surface area contributed by atoms with E-state index in [0.717, 1.165) is 11.1 Å². The first-order valence-electron chi connectivity index (χ1n) is 12.6. The molecule has 10 heteroatoms. The van der Waals surface area contributed by atoms with Crippen molar-refractivity contribution in [2.45, 2.75) is 17.9 Å². The smallest absolute Gasteiger partial charge is 0.221 e. The molecule has 2 aliphatic rings. The molecule has 0 radical (unpaired) electrons.